The van der Waals surface area contributed by atoms with Gasteiger partial charge in [-0.15, -0.1) is 0 Å². The molecular weight excluding hydrogens is 1260 g/mol. The van der Waals surface area contributed by atoms with E-state index >= 15 is 0 Å². The van der Waals surface area contributed by atoms with Crippen LogP contribution in [0.15, 0.2) is 24.3 Å². The first-order valence-electron chi connectivity index (χ1n) is 39.2. The van der Waals surface area contributed by atoms with Gasteiger partial charge in [-0.05, 0) is 69.1 Å². The number of allylic oxidation sites excluding steroid dienone is 4. The van der Waals surface area contributed by atoms with Gasteiger partial charge in [0.05, 0.1) is 26.4 Å². The van der Waals surface area contributed by atoms with Crippen LogP contribution in [0.25, 0.3) is 0 Å². The molecule has 4 unspecified atom stereocenters. The summed E-state index contributed by atoms with van der Waals surface area (Å²) < 4.78 is 68.5. The number of hydrogen-bond acceptors (Lipinski definition) is 15. The van der Waals surface area contributed by atoms with E-state index in [1.165, 1.54) is 161 Å². The second-order valence-corrected chi connectivity index (χ2v) is 31.2. The van der Waals surface area contributed by atoms with Crippen LogP contribution in [0.3, 0.4) is 0 Å². The monoisotopic (exact) mass is 1410 g/mol. The van der Waals surface area contributed by atoms with Crippen molar-refractivity contribution in [1.29, 1.82) is 0 Å². The molecule has 0 aromatic rings. The van der Waals surface area contributed by atoms with E-state index in [9.17, 15) is 43.2 Å². The van der Waals surface area contributed by atoms with Gasteiger partial charge in [-0.1, -0.05) is 317 Å². The van der Waals surface area contributed by atoms with Crippen molar-refractivity contribution < 1.29 is 80.2 Å². The SMILES string of the molecule is CCCCCC/C=C\C=C/CCCCCCCC(=O)O[C@H](COC(=O)CCCCCCCCCCCCC(C)CC)COP(=O)(O)OCC(O)COP(=O)(O)OC[C@@H](COC(=O)CCCCCCCCCC(C)C)OC(=O)CCCCCCCCCCCCCCCCC(C)C. The molecule has 3 N–H and O–H groups in total. The van der Waals surface area contributed by atoms with E-state index in [0.29, 0.717) is 31.6 Å². The Balaban J connectivity index is 5.29. The van der Waals surface area contributed by atoms with Crippen LogP contribution in [-0.4, -0.2) is 96.7 Å². The average Bonchev–Trinajstić information content (AvgIpc) is 1.70. The Kier molecular flexibility index (Phi) is 65.3. The minimum atomic E-state index is -4.97. The topological polar surface area (TPSA) is 237 Å². The number of aliphatic hydroxyl groups is 1. The van der Waals surface area contributed by atoms with Gasteiger partial charge in [0.25, 0.3) is 0 Å². The largest absolute Gasteiger partial charge is 0.472 e. The number of carbonyl (C=O) groups excluding carboxylic acids is 4. The van der Waals surface area contributed by atoms with E-state index in [1.54, 1.807) is 0 Å². The van der Waals surface area contributed by atoms with Crippen molar-refractivity contribution in [3.8, 4) is 0 Å². The van der Waals surface area contributed by atoms with Crippen LogP contribution in [0.2, 0.25) is 0 Å². The number of esters is 4. The van der Waals surface area contributed by atoms with Crippen molar-refractivity contribution >= 4 is 39.5 Å². The summed E-state index contributed by atoms with van der Waals surface area (Å²) in [6.07, 6.45) is 56.3. The van der Waals surface area contributed by atoms with Crippen molar-refractivity contribution in [2.24, 2.45) is 17.8 Å². The zero-order chi connectivity index (χ0) is 70.9. The molecule has 0 aliphatic rings. The van der Waals surface area contributed by atoms with Crippen molar-refractivity contribution in [1.82, 2.24) is 0 Å². The predicted octanol–water partition coefficient (Wildman–Crippen LogP) is 22.1. The lowest BCUT2D eigenvalue weighted by Crippen LogP contribution is -2.30. The van der Waals surface area contributed by atoms with E-state index < -0.39 is 97.5 Å². The van der Waals surface area contributed by atoms with Crippen LogP contribution in [0.4, 0.5) is 0 Å². The number of phosphoric acid groups is 2. The fourth-order valence-corrected chi connectivity index (χ4v) is 12.8. The molecule has 0 spiro atoms. The molecule has 19 heteroatoms. The van der Waals surface area contributed by atoms with Gasteiger partial charge in [0.1, 0.15) is 19.3 Å². The van der Waals surface area contributed by atoms with Crippen molar-refractivity contribution in [3.63, 3.8) is 0 Å². The first kappa shape index (κ1) is 93.5. The van der Waals surface area contributed by atoms with Crippen LogP contribution in [-0.2, 0) is 65.4 Å². The van der Waals surface area contributed by atoms with E-state index in [0.717, 1.165) is 121 Å². The van der Waals surface area contributed by atoms with Gasteiger partial charge in [0, 0.05) is 25.7 Å². The zero-order valence-corrected chi connectivity index (χ0v) is 64.1. The summed E-state index contributed by atoms with van der Waals surface area (Å²) in [5.74, 6) is 0.156. The number of phosphoric ester groups is 2. The maximum Gasteiger partial charge on any atom is 0.472 e. The summed E-state index contributed by atoms with van der Waals surface area (Å²) in [6, 6.07) is 0. The molecule has 0 bridgehead atoms. The summed E-state index contributed by atoms with van der Waals surface area (Å²) >= 11 is 0. The normalized spacial score (nSPS) is 14.5. The number of aliphatic hydroxyl groups excluding tert-OH is 1. The summed E-state index contributed by atoms with van der Waals surface area (Å²) in [4.78, 5) is 72.8. The second-order valence-electron chi connectivity index (χ2n) is 28.3. The van der Waals surface area contributed by atoms with Crippen LogP contribution in [0.5, 0.6) is 0 Å². The minimum absolute atomic E-state index is 0.0846. The Morgan fingerprint density at radius 2 is 0.615 bits per heavy atom. The standard InChI is InChI=1S/C77H146O17P2/c1-8-10-11-12-13-14-15-16-17-21-24-31-38-46-53-60-76(81)93-72(64-87-74(79)58-51-44-37-30-27-26-29-36-43-50-57-70(7)9-2)66-91-95(83,84)89-62-71(78)63-90-96(85,86)92-67-73(65-88-75(80)59-52-45-40-33-35-42-49-56-69(5)6)94-77(82)61-54-47-39-32-25-22-19-18-20-23-28-34-41-48-55-68(3)4/h14-17,68-73,78H,8-13,18-67H2,1-7H3,(H,83,84)(H,85,86)/b15-14-,17-16-/t70?,71?,72-,73-/m1/s1. The third kappa shape index (κ3) is 68.7. The van der Waals surface area contributed by atoms with E-state index in [4.69, 9.17) is 37.0 Å². The number of unbranched alkanes of at least 4 members (excludes halogenated alkanes) is 37. The molecule has 0 fully saturated rings. The fraction of sp³-hybridized carbons (Fsp3) is 0.896. The summed E-state index contributed by atoms with van der Waals surface area (Å²) in [5.41, 5.74) is 0. The Labute approximate surface area is 586 Å². The number of ether oxygens (including phenoxy) is 4. The van der Waals surface area contributed by atoms with Gasteiger partial charge in [-0.25, -0.2) is 9.13 Å². The van der Waals surface area contributed by atoms with E-state index in [-0.39, 0.29) is 25.7 Å². The van der Waals surface area contributed by atoms with E-state index in [2.05, 4.69) is 72.8 Å². The Morgan fingerprint density at radius 1 is 0.344 bits per heavy atom. The molecule has 6 atom stereocenters. The van der Waals surface area contributed by atoms with Crippen molar-refractivity contribution in [3.05, 3.63) is 24.3 Å². The number of hydrogen-bond donors (Lipinski definition) is 3. The maximum absolute atomic E-state index is 13.1. The number of rotatable bonds is 73. The molecule has 96 heavy (non-hydrogen) atoms. The summed E-state index contributed by atoms with van der Waals surface area (Å²) in [7, 11) is -9.93. The van der Waals surface area contributed by atoms with Gasteiger partial charge in [-0.3, -0.25) is 37.3 Å². The van der Waals surface area contributed by atoms with Gasteiger partial charge in [0.2, 0.25) is 0 Å². The highest BCUT2D eigenvalue weighted by Gasteiger charge is 2.30. The number of carbonyl (C=O) groups is 4. The highest BCUT2D eigenvalue weighted by molar-refractivity contribution is 7.47. The third-order valence-electron chi connectivity index (χ3n) is 17.6. The van der Waals surface area contributed by atoms with Crippen molar-refractivity contribution in [2.45, 2.75) is 388 Å². The smallest absolute Gasteiger partial charge is 0.462 e. The van der Waals surface area contributed by atoms with Crippen molar-refractivity contribution in [2.75, 3.05) is 39.6 Å². The lowest BCUT2D eigenvalue weighted by molar-refractivity contribution is -0.161. The van der Waals surface area contributed by atoms with E-state index in [1.807, 2.05) is 0 Å². The molecule has 0 radical (unpaired) electrons. The van der Waals surface area contributed by atoms with Gasteiger partial charge >= 0.3 is 39.5 Å². The lowest BCUT2D eigenvalue weighted by atomic mass is 9.99. The predicted molar refractivity (Wildman–Crippen MR) is 390 cm³/mol. The molecule has 0 heterocycles. The summed E-state index contributed by atoms with van der Waals surface area (Å²) in [5, 5.41) is 10.6. The highest BCUT2D eigenvalue weighted by atomic mass is 31.2. The molecule has 17 nitrogen and oxygen atoms in total. The highest BCUT2D eigenvalue weighted by Crippen LogP contribution is 2.45. The Hall–Kier alpha value is -2.46. The molecule has 0 saturated carbocycles. The lowest BCUT2D eigenvalue weighted by Gasteiger charge is -2.21. The molecular formula is C77H146O17P2. The molecule has 0 aliphatic heterocycles. The van der Waals surface area contributed by atoms with Gasteiger partial charge in [0.15, 0.2) is 12.2 Å². The Morgan fingerprint density at radius 3 is 0.927 bits per heavy atom. The molecule has 0 aliphatic carbocycles. The molecule has 566 valence electrons. The second kappa shape index (κ2) is 67.1. The molecule has 0 rings (SSSR count). The average molecular weight is 1410 g/mol. The first-order chi connectivity index (χ1) is 46.3. The van der Waals surface area contributed by atoms with Crippen LogP contribution in [0.1, 0.15) is 370 Å². The minimum Gasteiger partial charge on any atom is -0.462 e. The Bertz CT molecular complexity index is 1970. The fourth-order valence-electron chi connectivity index (χ4n) is 11.2. The van der Waals surface area contributed by atoms with Crippen LogP contribution in [0, 0.1) is 17.8 Å². The van der Waals surface area contributed by atoms with Gasteiger partial charge in [-0.2, -0.15) is 0 Å². The molecule has 0 amide bonds. The molecule has 0 aromatic heterocycles. The van der Waals surface area contributed by atoms with Crippen LogP contribution >= 0.6 is 15.6 Å². The molecule has 0 aromatic carbocycles. The molecule has 0 saturated heterocycles. The van der Waals surface area contributed by atoms with Crippen LogP contribution < -0.4 is 0 Å². The summed E-state index contributed by atoms with van der Waals surface area (Å²) in [6.45, 7) is 11.8. The third-order valence-corrected chi connectivity index (χ3v) is 19.5. The maximum atomic E-state index is 13.1. The van der Waals surface area contributed by atoms with Gasteiger partial charge < -0.3 is 33.8 Å². The quantitative estimate of drug-likeness (QED) is 0.0169. The zero-order valence-electron chi connectivity index (χ0n) is 62.3. The first-order valence-corrected chi connectivity index (χ1v) is 42.2.